The van der Waals surface area contributed by atoms with Crippen LogP contribution < -0.4 is 10.6 Å². The highest BCUT2D eigenvalue weighted by molar-refractivity contribution is 7.80. The zero-order valence-corrected chi connectivity index (χ0v) is 22.9. The number of nitrogens with one attached hydrogen (secondary N) is 2. The lowest BCUT2D eigenvalue weighted by Gasteiger charge is -2.28. The third-order valence-corrected chi connectivity index (χ3v) is 7.47. The van der Waals surface area contributed by atoms with Gasteiger partial charge in [-0.3, -0.25) is 9.78 Å². The van der Waals surface area contributed by atoms with E-state index >= 15 is 0 Å². The molecule has 5 rings (SSSR count). The molecule has 4 aromatic rings. The number of benzene rings is 1. The molecule has 1 amide bonds. The van der Waals surface area contributed by atoms with Crippen molar-refractivity contribution in [1.82, 2.24) is 24.8 Å². The van der Waals surface area contributed by atoms with Gasteiger partial charge in [0.05, 0.1) is 17.8 Å². The van der Waals surface area contributed by atoms with Gasteiger partial charge in [0.25, 0.3) is 0 Å². The summed E-state index contributed by atoms with van der Waals surface area (Å²) in [5.74, 6) is 0.842. The molecule has 2 atom stereocenters. The summed E-state index contributed by atoms with van der Waals surface area (Å²) in [4.78, 5) is 24.3. The zero-order chi connectivity index (χ0) is 26.8. The SMILES string of the molecule is Cc1ccnc(-n2c(C)cc([C@@H]3[C@H](c4ccccn4)NC(=S)N3CCC(=O)Nc3ccccc3C)c2C)c1. The lowest BCUT2D eigenvalue weighted by molar-refractivity contribution is -0.116. The first-order valence-corrected chi connectivity index (χ1v) is 13.2. The zero-order valence-electron chi connectivity index (χ0n) is 22.1. The molecule has 2 N–H and O–H groups in total. The van der Waals surface area contributed by atoms with E-state index in [2.05, 4.69) is 63.0 Å². The van der Waals surface area contributed by atoms with Gasteiger partial charge in [-0.1, -0.05) is 24.3 Å². The van der Waals surface area contributed by atoms with Gasteiger partial charge in [0.2, 0.25) is 5.91 Å². The first-order chi connectivity index (χ1) is 18.3. The summed E-state index contributed by atoms with van der Waals surface area (Å²) < 4.78 is 2.18. The van der Waals surface area contributed by atoms with E-state index in [0.717, 1.165) is 45.3 Å². The second-order valence-corrected chi connectivity index (χ2v) is 10.2. The average molecular weight is 525 g/mol. The summed E-state index contributed by atoms with van der Waals surface area (Å²) in [6.07, 6.45) is 3.95. The van der Waals surface area contributed by atoms with Gasteiger partial charge in [0.15, 0.2) is 5.11 Å². The maximum atomic E-state index is 12.9. The molecule has 0 bridgehead atoms. The van der Waals surface area contributed by atoms with Crippen LogP contribution in [0, 0.1) is 27.7 Å². The summed E-state index contributed by atoms with van der Waals surface area (Å²) in [6.45, 7) is 8.75. The van der Waals surface area contributed by atoms with Crippen molar-refractivity contribution in [3.8, 4) is 5.82 Å². The smallest absolute Gasteiger partial charge is 0.226 e. The molecule has 1 aromatic carbocycles. The van der Waals surface area contributed by atoms with E-state index in [4.69, 9.17) is 12.2 Å². The second-order valence-electron chi connectivity index (χ2n) is 9.79. The van der Waals surface area contributed by atoms with Gasteiger partial charge >= 0.3 is 0 Å². The highest BCUT2D eigenvalue weighted by Crippen LogP contribution is 2.41. The standard InChI is InChI=1S/C30H32N6OS/c1-19-12-15-32-26(17-19)36-21(3)18-23(22(36)4)29-28(25-11-7-8-14-31-25)34-30(38)35(29)16-13-27(37)33-24-10-6-5-9-20(24)2/h5-12,14-15,17-18,28-29H,13,16H2,1-4H3,(H,33,37)(H,34,38)/t28-,29+/m0/s1. The number of anilines is 1. The maximum absolute atomic E-state index is 12.9. The summed E-state index contributed by atoms with van der Waals surface area (Å²) >= 11 is 5.83. The third kappa shape index (κ3) is 5.04. The van der Waals surface area contributed by atoms with E-state index in [1.807, 2.05) is 61.7 Å². The molecule has 7 nitrogen and oxygen atoms in total. The Morgan fingerprint density at radius 1 is 1.00 bits per heavy atom. The fourth-order valence-corrected chi connectivity index (χ4v) is 5.55. The highest BCUT2D eigenvalue weighted by atomic mass is 32.1. The Bertz CT molecular complexity index is 1480. The van der Waals surface area contributed by atoms with Crippen LogP contribution in [0.3, 0.4) is 0 Å². The molecule has 4 heterocycles. The lowest BCUT2D eigenvalue weighted by Crippen LogP contribution is -2.33. The van der Waals surface area contributed by atoms with Crippen LogP contribution in [0.15, 0.2) is 73.1 Å². The van der Waals surface area contributed by atoms with Crippen molar-refractivity contribution in [3.05, 3.63) is 107 Å². The van der Waals surface area contributed by atoms with Crippen molar-refractivity contribution in [3.63, 3.8) is 0 Å². The van der Waals surface area contributed by atoms with Crippen LogP contribution in [-0.4, -0.2) is 37.0 Å². The van der Waals surface area contributed by atoms with E-state index in [0.29, 0.717) is 18.1 Å². The lowest BCUT2D eigenvalue weighted by atomic mass is 9.96. The molecule has 1 fully saturated rings. The summed E-state index contributed by atoms with van der Waals surface area (Å²) in [6, 6.07) is 19.7. The van der Waals surface area contributed by atoms with Crippen LogP contribution in [-0.2, 0) is 4.79 Å². The van der Waals surface area contributed by atoms with Crippen LogP contribution in [0.2, 0.25) is 0 Å². The van der Waals surface area contributed by atoms with Crippen molar-refractivity contribution in [2.24, 2.45) is 0 Å². The molecular weight excluding hydrogens is 492 g/mol. The van der Waals surface area contributed by atoms with Gasteiger partial charge in [0.1, 0.15) is 5.82 Å². The van der Waals surface area contributed by atoms with Crippen molar-refractivity contribution >= 4 is 28.9 Å². The van der Waals surface area contributed by atoms with Gasteiger partial charge in [-0.25, -0.2) is 4.98 Å². The van der Waals surface area contributed by atoms with Crippen molar-refractivity contribution < 1.29 is 4.79 Å². The Kier molecular flexibility index (Phi) is 7.24. The molecule has 1 aliphatic rings. The number of carbonyl (C=O) groups is 1. The van der Waals surface area contributed by atoms with Gasteiger partial charge in [-0.15, -0.1) is 0 Å². The normalized spacial score (nSPS) is 16.9. The number of aryl methyl sites for hydroxylation is 3. The van der Waals surface area contributed by atoms with Crippen molar-refractivity contribution in [2.75, 3.05) is 11.9 Å². The topological polar surface area (TPSA) is 75.1 Å². The van der Waals surface area contributed by atoms with Gasteiger partial charge in [-0.05, 0) is 93.0 Å². The summed E-state index contributed by atoms with van der Waals surface area (Å²) in [7, 11) is 0. The van der Waals surface area contributed by atoms with Crippen LogP contribution >= 0.6 is 12.2 Å². The molecule has 0 saturated carbocycles. The molecule has 0 radical (unpaired) electrons. The minimum atomic E-state index is -0.150. The molecule has 0 aliphatic carbocycles. The van der Waals surface area contributed by atoms with Gasteiger partial charge < -0.3 is 20.1 Å². The van der Waals surface area contributed by atoms with Crippen molar-refractivity contribution in [2.45, 2.75) is 46.2 Å². The molecule has 1 saturated heterocycles. The third-order valence-electron chi connectivity index (χ3n) is 7.12. The number of para-hydroxylation sites is 1. The summed E-state index contributed by atoms with van der Waals surface area (Å²) in [5.41, 5.74) is 7.23. The molecule has 38 heavy (non-hydrogen) atoms. The number of hydrogen-bond donors (Lipinski definition) is 2. The van der Waals surface area contributed by atoms with Crippen LogP contribution in [0.4, 0.5) is 5.69 Å². The predicted molar refractivity (Wildman–Crippen MR) is 154 cm³/mol. The first kappa shape index (κ1) is 25.6. The first-order valence-electron chi connectivity index (χ1n) is 12.8. The van der Waals surface area contributed by atoms with Crippen LogP contribution in [0.1, 0.15) is 52.3 Å². The number of carbonyl (C=O) groups excluding carboxylic acids is 1. The quantitative estimate of drug-likeness (QED) is 0.311. The van der Waals surface area contributed by atoms with E-state index in [1.54, 1.807) is 6.20 Å². The van der Waals surface area contributed by atoms with E-state index in [9.17, 15) is 4.79 Å². The number of aromatic nitrogens is 3. The van der Waals surface area contributed by atoms with Gasteiger partial charge in [0, 0.05) is 42.4 Å². The Balaban J connectivity index is 1.48. The second kappa shape index (κ2) is 10.8. The Labute approximate surface area is 228 Å². The molecule has 0 spiro atoms. The number of rotatable bonds is 7. The molecule has 194 valence electrons. The Morgan fingerprint density at radius 2 is 1.79 bits per heavy atom. The Hall–Kier alpha value is -4.04. The molecule has 3 aromatic heterocycles. The minimum absolute atomic E-state index is 0.0448. The van der Waals surface area contributed by atoms with Crippen LogP contribution in [0.25, 0.3) is 5.82 Å². The number of pyridine rings is 2. The van der Waals surface area contributed by atoms with E-state index < -0.39 is 0 Å². The predicted octanol–water partition coefficient (Wildman–Crippen LogP) is 5.50. The fourth-order valence-electron chi connectivity index (χ4n) is 5.21. The van der Waals surface area contributed by atoms with E-state index in [-0.39, 0.29) is 18.0 Å². The number of amides is 1. The number of hydrogen-bond acceptors (Lipinski definition) is 4. The summed E-state index contributed by atoms with van der Waals surface area (Å²) in [5, 5.41) is 7.16. The van der Waals surface area contributed by atoms with Gasteiger partial charge in [-0.2, -0.15) is 0 Å². The monoisotopic (exact) mass is 524 g/mol. The maximum Gasteiger partial charge on any atom is 0.226 e. The molecular formula is C30H32N6OS. The molecule has 1 aliphatic heterocycles. The Morgan fingerprint density at radius 3 is 2.53 bits per heavy atom. The minimum Gasteiger partial charge on any atom is -0.352 e. The molecule has 0 unspecified atom stereocenters. The number of thiocarbonyl (C=S) groups is 1. The van der Waals surface area contributed by atoms with Crippen molar-refractivity contribution in [1.29, 1.82) is 0 Å². The fraction of sp³-hybridized carbons (Fsp3) is 0.267. The van der Waals surface area contributed by atoms with E-state index in [1.165, 1.54) is 0 Å². The average Bonchev–Trinajstić information content (AvgIpc) is 3.39. The van der Waals surface area contributed by atoms with Crippen LogP contribution in [0.5, 0.6) is 0 Å². The largest absolute Gasteiger partial charge is 0.352 e. The highest BCUT2D eigenvalue weighted by Gasteiger charge is 2.41. The molecule has 8 heteroatoms. The number of nitrogens with zero attached hydrogens (tertiary/aromatic N) is 4.